The predicted octanol–water partition coefficient (Wildman–Crippen LogP) is 0.842. The molecule has 0 saturated carbocycles. The van der Waals surface area contributed by atoms with Gasteiger partial charge in [-0.3, -0.25) is 9.69 Å². The Bertz CT molecular complexity index is 330. The summed E-state index contributed by atoms with van der Waals surface area (Å²) in [7, 11) is 0. The zero-order valence-corrected chi connectivity index (χ0v) is 13.1. The van der Waals surface area contributed by atoms with Crippen molar-refractivity contribution in [1.29, 1.82) is 0 Å². The average molecular weight is 295 g/mol. The number of hydrogen-bond donors (Lipinski definition) is 1. The van der Waals surface area contributed by atoms with Crippen LogP contribution in [-0.4, -0.2) is 73.7 Å². The van der Waals surface area contributed by atoms with Crippen LogP contribution in [0.25, 0.3) is 0 Å². The molecule has 3 saturated heterocycles. The molecule has 3 aliphatic rings. The molecule has 1 amide bonds. The Labute approximate surface area is 128 Å². The molecule has 1 N–H and O–H groups in total. The van der Waals surface area contributed by atoms with E-state index in [1.54, 1.807) is 0 Å². The van der Waals surface area contributed by atoms with Crippen molar-refractivity contribution in [3.8, 4) is 0 Å². The highest BCUT2D eigenvalue weighted by Gasteiger charge is 2.27. The third-order valence-corrected chi connectivity index (χ3v) is 5.13. The minimum atomic E-state index is 0.158. The van der Waals surface area contributed by atoms with E-state index in [4.69, 9.17) is 4.74 Å². The lowest BCUT2D eigenvalue weighted by molar-refractivity contribution is -0.123. The van der Waals surface area contributed by atoms with Gasteiger partial charge in [-0.25, -0.2) is 0 Å². The molecule has 0 spiro atoms. The number of amides is 1. The van der Waals surface area contributed by atoms with E-state index in [1.807, 2.05) is 0 Å². The van der Waals surface area contributed by atoms with Crippen LogP contribution in [0.15, 0.2) is 0 Å². The van der Waals surface area contributed by atoms with Gasteiger partial charge in [0.1, 0.15) is 0 Å². The van der Waals surface area contributed by atoms with E-state index in [-0.39, 0.29) is 12.0 Å². The van der Waals surface area contributed by atoms with Gasteiger partial charge in [-0.1, -0.05) is 0 Å². The number of carbonyl (C=O) groups is 1. The van der Waals surface area contributed by atoms with Crippen LogP contribution in [-0.2, 0) is 9.53 Å². The second-order valence-electron chi connectivity index (χ2n) is 6.69. The minimum absolute atomic E-state index is 0.158. The number of nitrogens with one attached hydrogen (secondary N) is 1. The Morgan fingerprint density at radius 2 is 1.81 bits per heavy atom. The fourth-order valence-electron chi connectivity index (χ4n) is 3.84. The zero-order valence-electron chi connectivity index (χ0n) is 13.1. The second-order valence-corrected chi connectivity index (χ2v) is 6.69. The predicted molar refractivity (Wildman–Crippen MR) is 82.3 cm³/mol. The topological polar surface area (TPSA) is 44.8 Å². The van der Waals surface area contributed by atoms with E-state index in [0.717, 1.165) is 38.6 Å². The summed E-state index contributed by atoms with van der Waals surface area (Å²) in [6.45, 7) is 6.79. The van der Waals surface area contributed by atoms with E-state index < -0.39 is 0 Å². The number of piperidine rings is 1. The third-order valence-electron chi connectivity index (χ3n) is 5.13. The maximum Gasteiger partial charge on any atom is 0.234 e. The molecule has 0 aromatic rings. The Morgan fingerprint density at radius 1 is 1.05 bits per heavy atom. The molecule has 0 aliphatic carbocycles. The van der Waals surface area contributed by atoms with Crippen molar-refractivity contribution in [2.75, 3.05) is 45.9 Å². The quantitative estimate of drug-likeness (QED) is 0.816. The highest BCUT2D eigenvalue weighted by molar-refractivity contribution is 5.78. The summed E-state index contributed by atoms with van der Waals surface area (Å²) in [6.07, 6.45) is 7.64. The maximum atomic E-state index is 12.0. The summed E-state index contributed by atoms with van der Waals surface area (Å²) in [5.74, 6) is 0.158. The molecule has 1 atom stereocenters. The van der Waals surface area contributed by atoms with Crippen LogP contribution in [0.1, 0.15) is 38.5 Å². The molecule has 3 rings (SSSR count). The van der Waals surface area contributed by atoms with Gasteiger partial charge in [0.05, 0.1) is 12.6 Å². The SMILES string of the molecule is O=C(CN1CCC(N2CCCC2)CC1)NCC1CCCO1. The van der Waals surface area contributed by atoms with Crippen LogP contribution in [0.3, 0.4) is 0 Å². The molecule has 0 aromatic heterocycles. The smallest absolute Gasteiger partial charge is 0.234 e. The normalized spacial score (nSPS) is 29.0. The first kappa shape index (κ1) is 15.3. The summed E-state index contributed by atoms with van der Waals surface area (Å²) >= 11 is 0. The van der Waals surface area contributed by atoms with Crippen molar-refractivity contribution in [2.45, 2.75) is 50.7 Å². The first-order valence-electron chi connectivity index (χ1n) is 8.66. The molecule has 3 fully saturated rings. The first-order chi connectivity index (χ1) is 10.3. The van der Waals surface area contributed by atoms with Gasteiger partial charge in [-0.15, -0.1) is 0 Å². The van der Waals surface area contributed by atoms with E-state index in [9.17, 15) is 4.79 Å². The van der Waals surface area contributed by atoms with E-state index >= 15 is 0 Å². The van der Waals surface area contributed by atoms with E-state index in [2.05, 4.69) is 15.1 Å². The van der Waals surface area contributed by atoms with Crippen molar-refractivity contribution in [2.24, 2.45) is 0 Å². The molecule has 0 bridgehead atoms. The number of hydrogen-bond acceptors (Lipinski definition) is 4. The van der Waals surface area contributed by atoms with Crippen molar-refractivity contribution in [3.63, 3.8) is 0 Å². The van der Waals surface area contributed by atoms with Gasteiger partial charge >= 0.3 is 0 Å². The van der Waals surface area contributed by atoms with Crippen LogP contribution in [0.2, 0.25) is 0 Å². The average Bonchev–Trinajstić information content (AvgIpc) is 3.19. The summed E-state index contributed by atoms with van der Waals surface area (Å²) in [5, 5.41) is 3.02. The fourth-order valence-corrected chi connectivity index (χ4v) is 3.84. The molecule has 120 valence electrons. The number of likely N-dealkylation sites (tertiary alicyclic amines) is 2. The standard InChI is InChI=1S/C16H29N3O2/c20-16(17-12-15-4-3-11-21-15)13-18-9-5-14(6-10-18)19-7-1-2-8-19/h14-15H,1-13H2,(H,17,20). The summed E-state index contributed by atoms with van der Waals surface area (Å²) in [4.78, 5) is 16.9. The van der Waals surface area contributed by atoms with E-state index in [0.29, 0.717) is 13.1 Å². The Hall–Kier alpha value is -0.650. The van der Waals surface area contributed by atoms with Crippen LogP contribution in [0, 0.1) is 0 Å². The second kappa shape index (κ2) is 7.56. The van der Waals surface area contributed by atoms with Crippen LogP contribution < -0.4 is 5.32 Å². The Balaban J connectivity index is 1.31. The summed E-state index contributed by atoms with van der Waals surface area (Å²) < 4.78 is 5.53. The summed E-state index contributed by atoms with van der Waals surface area (Å²) in [6, 6.07) is 0.763. The minimum Gasteiger partial charge on any atom is -0.376 e. The lowest BCUT2D eigenvalue weighted by Crippen LogP contribution is -2.47. The highest BCUT2D eigenvalue weighted by Crippen LogP contribution is 2.20. The van der Waals surface area contributed by atoms with Gasteiger partial charge in [-0.2, -0.15) is 0 Å². The third kappa shape index (κ3) is 4.41. The molecular formula is C16H29N3O2. The summed E-state index contributed by atoms with van der Waals surface area (Å²) in [5.41, 5.74) is 0. The lowest BCUT2D eigenvalue weighted by atomic mass is 10.0. The van der Waals surface area contributed by atoms with Crippen LogP contribution in [0.5, 0.6) is 0 Å². The van der Waals surface area contributed by atoms with Crippen LogP contribution >= 0.6 is 0 Å². The molecule has 0 aromatic carbocycles. The number of carbonyl (C=O) groups excluding carboxylic acids is 1. The largest absolute Gasteiger partial charge is 0.376 e. The monoisotopic (exact) mass is 295 g/mol. The molecule has 3 aliphatic heterocycles. The fraction of sp³-hybridized carbons (Fsp3) is 0.938. The highest BCUT2D eigenvalue weighted by atomic mass is 16.5. The maximum absolute atomic E-state index is 12.0. The van der Waals surface area contributed by atoms with Crippen molar-refractivity contribution >= 4 is 5.91 Å². The lowest BCUT2D eigenvalue weighted by Gasteiger charge is -2.36. The molecule has 0 radical (unpaired) electrons. The van der Waals surface area contributed by atoms with Crippen molar-refractivity contribution in [3.05, 3.63) is 0 Å². The zero-order chi connectivity index (χ0) is 14.5. The Kier molecular flexibility index (Phi) is 5.49. The molecule has 5 heteroatoms. The van der Waals surface area contributed by atoms with Crippen molar-refractivity contribution in [1.82, 2.24) is 15.1 Å². The van der Waals surface area contributed by atoms with Gasteiger partial charge in [-0.05, 0) is 51.6 Å². The molecule has 5 nitrogen and oxygen atoms in total. The van der Waals surface area contributed by atoms with Crippen molar-refractivity contribution < 1.29 is 9.53 Å². The molecule has 1 unspecified atom stereocenters. The van der Waals surface area contributed by atoms with Crippen LogP contribution in [0.4, 0.5) is 0 Å². The van der Waals surface area contributed by atoms with Gasteiger partial charge in [0, 0.05) is 32.3 Å². The first-order valence-corrected chi connectivity index (χ1v) is 8.66. The molecule has 21 heavy (non-hydrogen) atoms. The van der Waals surface area contributed by atoms with Gasteiger partial charge in [0.15, 0.2) is 0 Å². The van der Waals surface area contributed by atoms with Gasteiger partial charge < -0.3 is 15.0 Å². The Morgan fingerprint density at radius 3 is 2.48 bits per heavy atom. The molecular weight excluding hydrogens is 266 g/mol. The number of rotatable bonds is 5. The van der Waals surface area contributed by atoms with Gasteiger partial charge in [0.25, 0.3) is 0 Å². The molecule has 3 heterocycles. The van der Waals surface area contributed by atoms with E-state index in [1.165, 1.54) is 38.8 Å². The number of nitrogens with zero attached hydrogens (tertiary/aromatic N) is 2. The number of ether oxygens (including phenoxy) is 1. The van der Waals surface area contributed by atoms with Gasteiger partial charge in [0.2, 0.25) is 5.91 Å².